The van der Waals surface area contributed by atoms with Gasteiger partial charge in [0, 0.05) is 32.8 Å². The van der Waals surface area contributed by atoms with E-state index in [1.165, 1.54) is 32.6 Å². The fourth-order valence-corrected chi connectivity index (χ4v) is 7.35. The van der Waals surface area contributed by atoms with Crippen LogP contribution in [0.3, 0.4) is 0 Å². The van der Waals surface area contributed by atoms with Crippen LogP contribution in [0.5, 0.6) is 0 Å². The zero-order valence-corrected chi connectivity index (χ0v) is 26.5. The van der Waals surface area contributed by atoms with Crippen LogP contribution < -0.4 is 0 Å². The molecule has 0 spiro atoms. The molecular weight excluding hydrogens is 597 g/mol. The summed E-state index contributed by atoms with van der Waals surface area (Å²) in [5.41, 5.74) is 6.38. The molecule has 2 heterocycles. The molecule has 0 aliphatic carbocycles. The standard InChI is InChI=1S/C45H28N4/c1-2-14-30(15-3-1)43-46-44(37-23-10-18-29-13-6-7-19-33(29)37)48-45(47-43)38-24-11-22-35-34(38)21-12-26-41(35)49-40-25-9-8-20-36(40)39-27-31-16-4-5-17-32(31)28-42(39)49/h1-28H. The van der Waals surface area contributed by atoms with Gasteiger partial charge in [-0.3, -0.25) is 0 Å². The quantitative estimate of drug-likeness (QED) is 0.196. The second-order valence-corrected chi connectivity index (χ2v) is 12.4. The Labute approximate surface area is 282 Å². The first kappa shape index (κ1) is 27.5. The monoisotopic (exact) mass is 624 g/mol. The lowest BCUT2D eigenvalue weighted by Gasteiger charge is -2.15. The van der Waals surface area contributed by atoms with E-state index in [1.54, 1.807) is 0 Å². The smallest absolute Gasteiger partial charge is 0.164 e. The molecule has 0 aliphatic heterocycles. The van der Waals surface area contributed by atoms with Gasteiger partial charge in [0.25, 0.3) is 0 Å². The van der Waals surface area contributed by atoms with Gasteiger partial charge in [0.2, 0.25) is 0 Å². The number of nitrogens with zero attached hydrogens (tertiary/aromatic N) is 4. The highest BCUT2D eigenvalue weighted by molar-refractivity contribution is 6.15. The molecule has 49 heavy (non-hydrogen) atoms. The van der Waals surface area contributed by atoms with Gasteiger partial charge in [-0.25, -0.2) is 15.0 Å². The molecule has 0 radical (unpaired) electrons. The predicted octanol–water partition coefficient (Wildman–Crippen LogP) is 11.4. The van der Waals surface area contributed by atoms with Crippen molar-refractivity contribution in [1.82, 2.24) is 19.5 Å². The fourth-order valence-electron chi connectivity index (χ4n) is 7.35. The Balaban J connectivity index is 1.24. The lowest BCUT2D eigenvalue weighted by atomic mass is 10.0. The SMILES string of the molecule is c1ccc(-c2nc(-c3cccc4ccccc34)nc(-c3cccc4c(-n5c6ccccc6c6cc7ccccc7cc65)cccc34)n2)cc1. The third-order valence-electron chi connectivity index (χ3n) is 9.62. The number of para-hydroxylation sites is 1. The molecule has 0 fully saturated rings. The van der Waals surface area contributed by atoms with Crippen molar-refractivity contribution in [1.29, 1.82) is 0 Å². The Hall–Kier alpha value is -6.65. The minimum atomic E-state index is 0.646. The Morgan fingerprint density at radius 3 is 1.69 bits per heavy atom. The number of fused-ring (bicyclic) bond motifs is 6. The van der Waals surface area contributed by atoms with E-state index in [-0.39, 0.29) is 0 Å². The van der Waals surface area contributed by atoms with Crippen molar-refractivity contribution >= 4 is 54.1 Å². The molecule has 228 valence electrons. The lowest BCUT2D eigenvalue weighted by Crippen LogP contribution is -2.01. The number of aromatic nitrogens is 4. The summed E-state index contributed by atoms with van der Waals surface area (Å²) in [6.45, 7) is 0. The molecule has 4 heteroatoms. The third-order valence-corrected chi connectivity index (χ3v) is 9.62. The van der Waals surface area contributed by atoms with Crippen LogP contribution in [0.25, 0.3) is 94.0 Å². The van der Waals surface area contributed by atoms with Gasteiger partial charge in [-0.2, -0.15) is 0 Å². The molecule has 0 aliphatic rings. The zero-order valence-electron chi connectivity index (χ0n) is 26.5. The Bertz CT molecular complexity index is 2880. The van der Waals surface area contributed by atoms with E-state index in [0.717, 1.165) is 43.9 Å². The van der Waals surface area contributed by atoms with Crippen molar-refractivity contribution in [3.05, 3.63) is 170 Å². The van der Waals surface area contributed by atoms with Crippen LogP contribution in [-0.2, 0) is 0 Å². The topological polar surface area (TPSA) is 43.6 Å². The normalized spacial score (nSPS) is 11.7. The number of hydrogen-bond donors (Lipinski definition) is 0. The minimum Gasteiger partial charge on any atom is -0.309 e. The Morgan fingerprint density at radius 2 is 0.878 bits per heavy atom. The highest BCUT2D eigenvalue weighted by Gasteiger charge is 2.19. The van der Waals surface area contributed by atoms with E-state index in [4.69, 9.17) is 15.0 Å². The first-order valence-corrected chi connectivity index (χ1v) is 16.5. The maximum absolute atomic E-state index is 5.20. The second-order valence-electron chi connectivity index (χ2n) is 12.4. The maximum atomic E-state index is 5.20. The summed E-state index contributed by atoms with van der Waals surface area (Å²) in [6.07, 6.45) is 0. The second kappa shape index (κ2) is 11.0. The van der Waals surface area contributed by atoms with Crippen molar-refractivity contribution in [2.45, 2.75) is 0 Å². The molecule has 0 atom stereocenters. The average molecular weight is 625 g/mol. The molecule has 10 aromatic rings. The number of hydrogen-bond acceptors (Lipinski definition) is 3. The number of benzene rings is 8. The predicted molar refractivity (Wildman–Crippen MR) is 203 cm³/mol. The molecule has 10 rings (SSSR count). The van der Waals surface area contributed by atoms with Crippen LogP contribution >= 0.6 is 0 Å². The van der Waals surface area contributed by atoms with E-state index in [9.17, 15) is 0 Å². The van der Waals surface area contributed by atoms with Crippen LogP contribution in [0.1, 0.15) is 0 Å². The lowest BCUT2D eigenvalue weighted by molar-refractivity contribution is 1.08. The minimum absolute atomic E-state index is 0.646. The summed E-state index contributed by atoms with van der Waals surface area (Å²) in [7, 11) is 0. The summed E-state index contributed by atoms with van der Waals surface area (Å²) < 4.78 is 2.41. The van der Waals surface area contributed by atoms with Crippen molar-refractivity contribution < 1.29 is 0 Å². The van der Waals surface area contributed by atoms with E-state index in [1.807, 2.05) is 18.2 Å². The summed E-state index contributed by atoms with van der Waals surface area (Å²) in [5.74, 6) is 1.95. The average Bonchev–Trinajstić information content (AvgIpc) is 3.49. The van der Waals surface area contributed by atoms with E-state index in [2.05, 4.69) is 156 Å². The van der Waals surface area contributed by atoms with Crippen molar-refractivity contribution in [3.63, 3.8) is 0 Å². The highest BCUT2D eigenvalue weighted by atomic mass is 15.0. The van der Waals surface area contributed by atoms with Gasteiger partial charge in [-0.05, 0) is 51.2 Å². The van der Waals surface area contributed by atoms with Crippen LogP contribution in [-0.4, -0.2) is 19.5 Å². The van der Waals surface area contributed by atoms with Crippen LogP contribution in [0.4, 0.5) is 0 Å². The van der Waals surface area contributed by atoms with Crippen molar-refractivity contribution in [2.75, 3.05) is 0 Å². The zero-order chi connectivity index (χ0) is 32.3. The third kappa shape index (κ3) is 4.42. The highest BCUT2D eigenvalue weighted by Crippen LogP contribution is 2.39. The molecule has 0 bridgehead atoms. The summed E-state index contributed by atoms with van der Waals surface area (Å²) in [5, 5.41) is 9.42. The van der Waals surface area contributed by atoms with Gasteiger partial charge in [0.15, 0.2) is 17.5 Å². The molecule has 4 nitrogen and oxygen atoms in total. The van der Waals surface area contributed by atoms with Crippen LogP contribution in [0.15, 0.2) is 170 Å². The van der Waals surface area contributed by atoms with Gasteiger partial charge in [-0.1, -0.05) is 146 Å². The van der Waals surface area contributed by atoms with Gasteiger partial charge >= 0.3 is 0 Å². The molecule has 8 aromatic carbocycles. The fraction of sp³-hybridized carbons (Fsp3) is 0. The molecular formula is C45H28N4. The molecule has 2 aromatic heterocycles. The molecule has 0 unspecified atom stereocenters. The molecule has 0 N–H and O–H groups in total. The van der Waals surface area contributed by atoms with E-state index >= 15 is 0 Å². The Morgan fingerprint density at radius 1 is 0.327 bits per heavy atom. The van der Waals surface area contributed by atoms with E-state index in [0.29, 0.717) is 17.5 Å². The van der Waals surface area contributed by atoms with Crippen molar-refractivity contribution in [3.8, 4) is 39.9 Å². The van der Waals surface area contributed by atoms with Crippen LogP contribution in [0.2, 0.25) is 0 Å². The summed E-state index contributed by atoms with van der Waals surface area (Å²) in [6, 6.07) is 59.8. The van der Waals surface area contributed by atoms with Gasteiger partial charge in [0.05, 0.1) is 16.7 Å². The molecule has 0 amide bonds. The first-order chi connectivity index (χ1) is 24.3. The molecule has 0 saturated carbocycles. The summed E-state index contributed by atoms with van der Waals surface area (Å²) >= 11 is 0. The van der Waals surface area contributed by atoms with Gasteiger partial charge in [-0.15, -0.1) is 0 Å². The summed E-state index contributed by atoms with van der Waals surface area (Å²) in [4.78, 5) is 15.4. The van der Waals surface area contributed by atoms with Gasteiger partial charge in [0.1, 0.15) is 0 Å². The Kier molecular flexibility index (Phi) is 6.15. The number of rotatable bonds is 4. The van der Waals surface area contributed by atoms with E-state index < -0.39 is 0 Å². The van der Waals surface area contributed by atoms with Gasteiger partial charge < -0.3 is 4.57 Å². The van der Waals surface area contributed by atoms with Crippen LogP contribution in [0, 0.1) is 0 Å². The first-order valence-electron chi connectivity index (χ1n) is 16.5. The largest absolute Gasteiger partial charge is 0.309 e. The molecule has 0 saturated heterocycles. The van der Waals surface area contributed by atoms with Crippen molar-refractivity contribution in [2.24, 2.45) is 0 Å². The maximum Gasteiger partial charge on any atom is 0.164 e.